The number of aromatic nitrogens is 1. The van der Waals surface area contributed by atoms with E-state index in [1.165, 1.54) is 42.8 Å². The van der Waals surface area contributed by atoms with Gasteiger partial charge < -0.3 is 19.2 Å². The number of thiazole rings is 1. The van der Waals surface area contributed by atoms with Crippen molar-refractivity contribution in [3.8, 4) is 17.1 Å². The number of amides is 1. The SMILES string of the molecule is CCOC(=O)c1csc(CNS(=O)(=O)Cc2cc3oc(-c4ccc(F)cc4)c(C(=O)NC)c3cc2OC(C)C)n1. The number of furan rings is 1. The van der Waals surface area contributed by atoms with Crippen LogP contribution in [-0.2, 0) is 27.1 Å². The number of rotatable bonds is 11. The number of halogens is 1. The van der Waals surface area contributed by atoms with E-state index in [0.717, 1.165) is 11.3 Å². The molecule has 0 saturated heterocycles. The zero-order valence-electron chi connectivity index (χ0n) is 22.2. The number of hydrogen-bond donors (Lipinski definition) is 2. The van der Waals surface area contributed by atoms with E-state index in [0.29, 0.717) is 21.5 Å². The molecule has 4 aromatic rings. The second kappa shape index (κ2) is 12.1. The lowest BCUT2D eigenvalue weighted by atomic mass is 10.0. The van der Waals surface area contributed by atoms with E-state index in [1.807, 2.05) is 0 Å². The number of hydrogen-bond acceptors (Lipinski definition) is 9. The van der Waals surface area contributed by atoms with Crippen LogP contribution in [0.1, 0.15) is 52.2 Å². The van der Waals surface area contributed by atoms with Crippen LogP contribution in [0.2, 0.25) is 0 Å². The molecule has 0 aliphatic heterocycles. The van der Waals surface area contributed by atoms with Gasteiger partial charge in [-0.2, -0.15) is 0 Å². The van der Waals surface area contributed by atoms with E-state index in [1.54, 1.807) is 26.8 Å². The van der Waals surface area contributed by atoms with Crippen LogP contribution in [0.3, 0.4) is 0 Å². The van der Waals surface area contributed by atoms with E-state index in [4.69, 9.17) is 13.9 Å². The van der Waals surface area contributed by atoms with Gasteiger partial charge in [-0.05, 0) is 57.2 Å². The summed E-state index contributed by atoms with van der Waals surface area (Å²) in [6.07, 6.45) is -0.296. The number of sulfonamides is 1. The number of esters is 1. The molecule has 1 amide bonds. The third-order valence-electron chi connectivity index (χ3n) is 5.62. The van der Waals surface area contributed by atoms with Gasteiger partial charge in [-0.15, -0.1) is 11.3 Å². The standard InChI is InChI=1S/C27H28FN3O7S2/c1-5-36-27(33)20-13-39-23(31-20)12-30-40(34,35)14-17-10-22-19(11-21(17)37-15(2)3)24(26(32)29-4)25(38-22)16-6-8-18(28)9-7-16/h6-11,13,15,30H,5,12,14H2,1-4H3,(H,29,32). The fourth-order valence-corrected chi connectivity index (χ4v) is 5.80. The van der Waals surface area contributed by atoms with Gasteiger partial charge in [0.05, 0.1) is 30.6 Å². The monoisotopic (exact) mass is 589 g/mol. The first-order valence-corrected chi connectivity index (χ1v) is 14.9. The minimum absolute atomic E-state index is 0.112. The van der Waals surface area contributed by atoms with Gasteiger partial charge in [-0.3, -0.25) is 4.79 Å². The van der Waals surface area contributed by atoms with Crippen LogP contribution < -0.4 is 14.8 Å². The molecule has 212 valence electrons. The summed E-state index contributed by atoms with van der Waals surface area (Å²) in [5.41, 5.74) is 1.37. The summed E-state index contributed by atoms with van der Waals surface area (Å²) in [5, 5.41) is 4.90. The van der Waals surface area contributed by atoms with Crippen molar-refractivity contribution in [2.24, 2.45) is 0 Å². The predicted octanol–water partition coefficient (Wildman–Crippen LogP) is 4.64. The zero-order chi connectivity index (χ0) is 29.0. The van der Waals surface area contributed by atoms with Crippen molar-refractivity contribution in [2.75, 3.05) is 13.7 Å². The van der Waals surface area contributed by atoms with E-state index in [-0.39, 0.29) is 47.6 Å². The Balaban J connectivity index is 1.68. The molecule has 4 rings (SSSR count). The number of nitrogens with one attached hydrogen (secondary N) is 2. The Bertz CT molecular complexity index is 1640. The smallest absolute Gasteiger partial charge is 0.357 e. The maximum absolute atomic E-state index is 13.5. The van der Waals surface area contributed by atoms with Gasteiger partial charge >= 0.3 is 5.97 Å². The fraction of sp³-hybridized carbons (Fsp3) is 0.296. The number of ether oxygens (including phenoxy) is 2. The first-order chi connectivity index (χ1) is 19.0. The lowest BCUT2D eigenvalue weighted by Crippen LogP contribution is -2.25. The summed E-state index contributed by atoms with van der Waals surface area (Å²) in [6.45, 7) is 5.35. The van der Waals surface area contributed by atoms with E-state index in [2.05, 4.69) is 15.0 Å². The molecule has 0 atom stereocenters. The third kappa shape index (κ3) is 6.66. The quantitative estimate of drug-likeness (QED) is 0.242. The van der Waals surface area contributed by atoms with E-state index in [9.17, 15) is 22.4 Å². The Kier molecular flexibility index (Phi) is 8.86. The predicted molar refractivity (Wildman–Crippen MR) is 148 cm³/mol. The maximum atomic E-state index is 13.5. The summed E-state index contributed by atoms with van der Waals surface area (Å²) < 4.78 is 59.0. The van der Waals surface area contributed by atoms with Crippen LogP contribution in [0.5, 0.6) is 5.75 Å². The Morgan fingerprint density at radius 1 is 1.18 bits per heavy atom. The van der Waals surface area contributed by atoms with Gasteiger partial charge in [0, 0.05) is 28.9 Å². The molecule has 2 N–H and O–H groups in total. The molecule has 2 aromatic heterocycles. The Morgan fingerprint density at radius 2 is 1.90 bits per heavy atom. The largest absolute Gasteiger partial charge is 0.491 e. The number of benzene rings is 2. The molecular weight excluding hydrogens is 561 g/mol. The highest BCUT2D eigenvalue weighted by Crippen LogP contribution is 2.38. The lowest BCUT2D eigenvalue weighted by Gasteiger charge is -2.15. The summed E-state index contributed by atoms with van der Waals surface area (Å²) >= 11 is 1.13. The lowest BCUT2D eigenvalue weighted by molar-refractivity contribution is 0.0520. The van der Waals surface area contributed by atoms with Gasteiger partial charge in [0.1, 0.15) is 27.9 Å². The van der Waals surface area contributed by atoms with Crippen molar-refractivity contribution >= 4 is 44.2 Å². The minimum Gasteiger partial charge on any atom is -0.491 e. The Morgan fingerprint density at radius 3 is 2.55 bits per heavy atom. The molecular formula is C27H28FN3O7S2. The van der Waals surface area contributed by atoms with Crippen LogP contribution in [0, 0.1) is 5.82 Å². The molecule has 0 radical (unpaired) electrons. The van der Waals surface area contributed by atoms with Crippen molar-refractivity contribution in [3.63, 3.8) is 0 Å². The molecule has 13 heteroatoms. The summed E-state index contributed by atoms with van der Waals surface area (Å²) in [5.74, 6) is -1.42. The molecule has 2 aromatic carbocycles. The second-order valence-corrected chi connectivity index (χ2v) is 11.7. The third-order valence-corrected chi connectivity index (χ3v) is 7.74. The van der Waals surface area contributed by atoms with Crippen LogP contribution in [0.15, 0.2) is 46.2 Å². The molecule has 0 bridgehead atoms. The molecule has 40 heavy (non-hydrogen) atoms. The molecule has 10 nitrogen and oxygen atoms in total. The second-order valence-electron chi connectivity index (χ2n) is 8.94. The van der Waals surface area contributed by atoms with Gasteiger partial charge in [-0.25, -0.2) is 27.3 Å². The van der Waals surface area contributed by atoms with Crippen molar-refractivity contribution in [1.82, 2.24) is 15.0 Å². The fourth-order valence-electron chi connectivity index (χ4n) is 3.91. The van der Waals surface area contributed by atoms with Crippen molar-refractivity contribution in [1.29, 1.82) is 0 Å². The molecule has 0 aliphatic rings. The van der Waals surface area contributed by atoms with E-state index < -0.39 is 33.5 Å². The molecule has 2 heterocycles. The first-order valence-electron chi connectivity index (χ1n) is 12.3. The normalized spacial score (nSPS) is 11.7. The minimum atomic E-state index is -3.90. The maximum Gasteiger partial charge on any atom is 0.357 e. The van der Waals surface area contributed by atoms with Gasteiger partial charge in [0.2, 0.25) is 10.0 Å². The Hall–Kier alpha value is -3.81. The number of nitrogens with zero attached hydrogens (tertiary/aromatic N) is 1. The number of carbonyl (C=O) groups excluding carboxylic acids is 2. The highest BCUT2D eigenvalue weighted by atomic mass is 32.2. The summed E-state index contributed by atoms with van der Waals surface area (Å²) in [6, 6.07) is 8.59. The highest BCUT2D eigenvalue weighted by Gasteiger charge is 2.25. The van der Waals surface area contributed by atoms with Crippen molar-refractivity contribution < 1.29 is 36.3 Å². The van der Waals surface area contributed by atoms with Crippen LogP contribution in [0.25, 0.3) is 22.3 Å². The van der Waals surface area contributed by atoms with Gasteiger partial charge in [0.15, 0.2) is 5.69 Å². The molecule has 0 spiro atoms. The Labute approximate surface area is 234 Å². The number of carbonyl (C=O) groups is 2. The van der Waals surface area contributed by atoms with Crippen LogP contribution in [-0.4, -0.2) is 45.0 Å². The van der Waals surface area contributed by atoms with Crippen LogP contribution in [0.4, 0.5) is 4.39 Å². The zero-order valence-corrected chi connectivity index (χ0v) is 23.9. The summed E-state index contributed by atoms with van der Waals surface area (Å²) in [4.78, 5) is 28.8. The molecule has 0 saturated carbocycles. The van der Waals surface area contributed by atoms with Gasteiger partial charge in [-0.1, -0.05) is 0 Å². The van der Waals surface area contributed by atoms with Gasteiger partial charge in [0.25, 0.3) is 5.91 Å². The first kappa shape index (κ1) is 29.2. The molecule has 0 unspecified atom stereocenters. The molecule has 0 aliphatic carbocycles. The van der Waals surface area contributed by atoms with Crippen LogP contribution >= 0.6 is 11.3 Å². The van der Waals surface area contributed by atoms with Crippen molar-refractivity contribution in [3.05, 3.63) is 69.4 Å². The van der Waals surface area contributed by atoms with Crippen molar-refractivity contribution in [2.45, 2.75) is 39.2 Å². The molecule has 0 fully saturated rings. The van der Waals surface area contributed by atoms with E-state index >= 15 is 0 Å². The average Bonchev–Trinajstić information content (AvgIpc) is 3.52. The summed E-state index contributed by atoms with van der Waals surface area (Å²) in [7, 11) is -2.43. The highest BCUT2D eigenvalue weighted by molar-refractivity contribution is 7.88. The topological polar surface area (TPSA) is 137 Å². The average molecular weight is 590 g/mol. The number of fused-ring (bicyclic) bond motifs is 1.